The van der Waals surface area contributed by atoms with Gasteiger partial charge in [-0.25, -0.2) is 0 Å². The van der Waals surface area contributed by atoms with Gasteiger partial charge in [-0.15, -0.1) is 11.8 Å². The molecule has 5 heteroatoms. The second-order valence-electron chi connectivity index (χ2n) is 7.81. The van der Waals surface area contributed by atoms with Crippen LogP contribution in [-0.2, 0) is 21.9 Å². The van der Waals surface area contributed by atoms with Crippen LogP contribution in [0.15, 0.2) is 48.5 Å². The van der Waals surface area contributed by atoms with Crippen LogP contribution in [-0.4, -0.2) is 35.1 Å². The number of aryl methyl sites for hydroxylation is 2. The monoisotopic (exact) mass is 426 g/mol. The molecule has 2 aromatic carbocycles. The molecule has 2 rings (SSSR count). The molecule has 0 saturated heterocycles. The molecule has 4 nitrogen and oxygen atoms in total. The molecule has 1 N–H and O–H groups in total. The number of amides is 2. The van der Waals surface area contributed by atoms with Gasteiger partial charge in [0.25, 0.3) is 0 Å². The number of carbonyl (C=O) groups excluding carboxylic acids is 2. The molecule has 162 valence electrons. The van der Waals surface area contributed by atoms with Crippen LogP contribution in [0.1, 0.15) is 48.9 Å². The molecule has 0 aliphatic rings. The highest BCUT2D eigenvalue weighted by Crippen LogP contribution is 2.17. The molecule has 0 bridgehead atoms. The Morgan fingerprint density at radius 2 is 1.53 bits per heavy atom. The minimum absolute atomic E-state index is 0.00849. The number of hydrogen-bond acceptors (Lipinski definition) is 3. The van der Waals surface area contributed by atoms with Crippen LogP contribution < -0.4 is 5.32 Å². The van der Waals surface area contributed by atoms with Crippen molar-refractivity contribution in [3.8, 4) is 0 Å². The molecule has 0 heterocycles. The van der Waals surface area contributed by atoms with E-state index in [4.69, 9.17) is 0 Å². The first kappa shape index (κ1) is 24.0. The zero-order chi connectivity index (χ0) is 21.9. The maximum Gasteiger partial charge on any atom is 0.242 e. The zero-order valence-electron chi connectivity index (χ0n) is 18.6. The molecule has 0 spiro atoms. The summed E-state index contributed by atoms with van der Waals surface area (Å²) in [7, 11) is 0. The van der Waals surface area contributed by atoms with E-state index in [1.165, 1.54) is 16.7 Å². The lowest BCUT2D eigenvalue weighted by Gasteiger charge is -2.29. The Morgan fingerprint density at radius 1 is 0.967 bits per heavy atom. The molecule has 1 atom stereocenters. The third-order valence-corrected chi connectivity index (χ3v) is 6.07. The van der Waals surface area contributed by atoms with Crippen LogP contribution in [0.5, 0.6) is 0 Å². The first-order valence-electron chi connectivity index (χ1n) is 10.7. The van der Waals surface area contributed by atoms with Crippen molar-refractivity contribution in [2.75, 3.05) is 12.3 Å². The number of unbranched alkanes of at least 4 members (excludes halogenated alkanes) is 1. The summed E-state index contributed by atoms with van der Waals surface area (Å²) in [5.74, 6) is 1.03. The maximum atomic E-state index is 13.1. The van der Waals surface area contributed by atoms with E-state index in [1.54, 1.807) is 16.7 Å². The van der Waals surface area contributed by atoms with Crippen molar-refractivity contribution < 1.29 is 9.59 Å². The van der Waals surface area contributed by atoms with Crippen LogP contribution >= 0.6 is 11.8 Å². The Labute approximate surface area is 185 Å². The van der Waals surface area contributed by atoms with Crippen LogP contribution in [0.3, 0.4) is 0 Å². The van der Waals surface area contributed by atoms with E-state index in [9.17, 15) is 9.59 Å². The van der Waals surface area contributed by atoms with Crippen molar-refractivity contribution in [2.45, 2.75) is 58.9 Å². The Kier molecular flexibility index (Phi) is 9.95. The second kappa shape index (κ2) is 12.4. The quantitative estimate of drug-likeness (QED) is 0.522. The predicted octanol–water partition coefficient (Wildman–Crippen LogP) is 4.87. The van der Waals surface area contributed by atoms with E-state index in [0.29, 0.717) is 18.8 Å². The number of benzene rings is 2. The normalized spacial score (nSPS) is 11.7. The minimum Gasteiger partial charge on any atom is -0.354 e. The smallest absolute Gasteiger partial charge is 0.242 e. The van der Waals surface area contributed by atoms with E-state index < -0.39 is 6.04 Å². The van der Waals surface area contributed by atoms with Gasteiger partial charge in [-0.3, -0.25) is 9.59 Å². The van der Waals surface area contributed by atoms with E-state index >= 15 is 0 Å². The average molecular weight is 427 g/mol. The minimum atomic E-state index is -0.504. The third-order valence-electron chi connectivity index (χ3n) is 5.09. The van der Waals surface area contributed by atoms with Gasteiger partial charge in [-0.1, -0.05) is 73.0 Å². The molecule has 2 amide bonds. The average Bonchev–Trinajstić information content (AvgIpc) is 2.74. The van der Waals surface area contributed by atoms with E-state index in [-0.39, 0.29) is 11.8 Å². The van der Waals surface area contributed by atoms with Crippen molar-refractivity contribution in [3.05, 3.63) is 70.8 Å². The molecule has 0 radical (unpaired) electrons. The van der Waals surface area contributed by atoms with Crippen molar-refractivity contribution in [2.24, 2.45) is 0 Å². The van der Waals surface area contributed by atoms with Crippen LogP contribution in [0.25, 0.3) is 0 Å². The molecular formula is C25H34N2O2S. The fourth-order valence-corrected chi connectivity index (χ4v) is 3.90. The van der Waals surface area contributed by atoms with Gasteiger partial charge in [-0.2, -0.15) is 0 Å². The highest BCUT2D eigenvalue weighted by atomic mass is 32.2. The number of carbonyl (C=O) groups is 2. The second-order valence-corrected chi connectivity index (χ2v) is 8.79. The number of nitrogens with zero attached hydrogens (tertiary/aromatic N) is 1. The number of nitrogens with one attached hydrogen (secondary N) is 1. The summed E-state index contributed by atoms with van der Waals surface area (Å²) >= 11 is 1.59. The van der Waals surface area contributed by atoms with Gasteiger partial charge in [0.2, 0.25) is 11.8 Å². The molecule has 0 aromatic heterocycles. The molecule has 0 aliphatic carbocycles. The molecular weight excluding hydrogens is 392 g/mol. The molecule has 0 aliphatic heterocycles. The SMILES string of the molecule is CCCCNC(=O)[C@H](C)N(Cc1ccc(C)cc1)C(=O)CSCc1ccc(C)cc1. The number of thioether (sulfide) groups is 1. The van der Waals surface area contributed by atoms with E-state index in [1.807, 2.05) is 38.1 Å². The maximum absolute atomic E-state index is 13.1. The first-order valence-corrected chi connectivity index (χ1v) is 11.8. The molecule has 0 unspecified atom stereocenters. The largest absolute Gasteiger partial charge is 0.354 e. The van der Waals surface area contributed by atoms with Gasteiger partial charge in [0.05, 0.1) is 5.75 Å². The third kappa shape index (κ3) is 7.86. The summed E-state index contributed by atoms with van der Waals surface area (Å²) in [4.78, 5) is 27.4. The fraction of sp³-hybridized carbons (Fsp3) is 0.440. The highest BCUT2D eigenvalue weighted by Gasteiger charge is 2.25. The Balaban J connectivity index is 2.02. The lowest BCUT2D eigenvalue weighted by Crippen LogP contribution is -2.48. The van der Waals surface area contributed by atoms with Gasteiger partial charge < -0.3 is 10.2 Å². The van der Waals surface area contributed by atoms with Crippen LogP contribution in [0.2, 0.25) is 0 Å². The predicted molar refractivity (Wildman–Crippen MR) is 126 cm³/mol. The van der Waals surface area contributed by atoms with Crippen molar-refractivity contribution >= 4 is 23.6 Å². The summed E-state index contributed by atoms with van der Waals surface area (Å²) in [6.07, 6.45) is 1.97. The molecule has 0 saturated carbocycles. The zero-order valence-corrected chi connectivity index (χ0v) is 19.4. The number of rotatable bonds is 11. The van der Waals surface area contributed by atoms with Gasteiger partial charge in [-0.05, 0) is 38.3 Å². The summed E-state index contributed by atoms with van der Waals surface area (Å²) in [5, 5.41) is 2.96. The Bertz CT molecular complexity index is 803. The summed E-state index contributed by atoms with van der Waals surface area (Å²) < 4.78 is 0. The van der Waals surface area contributed by atoms with Crippen molar-refractivity contribution in [1.29, 1.82) is 0 Å². The Hall–Kier alpha value is -2.27. The highest BCUT2D eigenvalue weighted by molar-refractivity contribution is 7.99. The van der Waals surface area contributed by atoms with E-state index in [0.717, 1.165) is 24.2 Å². The summed E-state index contributed by atoms with van der Waals surface area (Å²) in [6, 6.07) is 16.0. The van der Waals surface area contributed by atoms with Crippen LogP contribution in [0, 0.1) is 13.8 Å². The standard InChI is InChI=1S/C25H34N2O2S/c1-5-6-15-26-25(29)21(4)27(16-22-11-7-19(2)8-12-22)24(28)18-30-17-23-13-9-20(3)10-14-23/h7-14,21H,5-6,15-18H2,1-4H3,(H,26,29)/t21-/m0/s1. The molecule has 2 aromatic rings. The fourth-order valence-electron chi connectivity index (χ4n) is 3.03. The van der Waals surface area contributed by atoms with Crippen molar-refractivity contribution in [1.82, 2.24) is 10.2 Å². The Morgan fingerprint density at radius 3 is 2.10 bits per heavy atom. The van der Waals surface area contributed by atoms with E-state index in [2.05, 4.69) is 43.4 Å². The van der Waals surface area contributed by atoms with Gasteiger partial charge >= 0.3 is 0 Å². The lowest BCUT2D eigenvalue weighted by molar-refractivity contribution is -0.138. The topological polar surface area (TPSA) is 49.4 Å². The molecule has 30 heavy (non-hydrogen) atoms. The summed E-state index contributed by atoms with van der Waals surface area (Å²) in [6.45, 7) is 9.10. The van der Waals surface area contributed by atoms with Gasteiger partial charge in [0.15, 0.2) is 0 Å². The van der Waals surface area contributed by atoms with Gasteiger partial charge in [0, 0.05) is 18.8 Å². The van der Waals surface area contributed by atoms with Crippen molar-refractivity contribution in [3.63, 3.8) is 0 Å². The van der Waals surface area contributed by atoms with Crippen LogP contribution in [0.4, 0.5) is 0 Å². The first-order chi connectivity index (χ1) is 14.4. The van der Waals surface area contributed by atoms with Gasteiger partial charge in [0.1, 0.15) is 6.04 Å². The molecule has 0 fully saturated rings. The lowest BCUT2D eigenvalue weighted by atomic mass is 10.1. The number of hydrogen-bond donors (Lipinski definition) is 1. The summed E-state index contributed by atoms with van der Waals surface area (Å²) in [5.41, 5.74) is 4.64.